The largest absolute Gasteiger partial charge is 0.309 e. The van der Waals surface area contributed by atoms with E-state index < -0.39 is 0 Å². The van der Waals surface area contributed by atoms with Gasteiger partial charge >= 0.3 is 0 Å². The minimum absolute atomic E-state index is 0.977. The van der Waals surface area contributed by atoms with Crippen LogP contribution in [0.3, 0.4) is 0 Å². The van der Waals surface area contributed by atoms with E-state index in [1.165, 1.54) is 71.4 Å². The summed E-state index contributed by atoms with van der Waals surface area (Å²) < 4.78 is 4.84. The molecule has 0 aliphatic carbocycles. The van der Waals surface area contributed by atoms with Crippen molar-refractivity contribution >= 4 is 54.5 Å². The molecule has 0 atom stereocenters. The van der Waals surface area contributed by atoms with Crippen molar-refractivity contribution in [1.82, 2.24) is 14.1 Å². The van der Waals surface area contributed by atoms with Gasteiger partial charge in [-0.3, -0.25) is 4.57 Å². The predicted octanol–water partition coefficient (Wildman–Crippen LogP) is 11.7. The first kappa shape index (κ1) is 25.7. The number of hydrogen-bond acceptors (Lipinski definition) is 1. The fraction of sp³-hybridized carbons (Fsp3) is 0. The highest BCUT2D eigenvalue weighted by molar-refractivity contribution is 6.19. The standard InChI is InChI=1S/C45H27N3/c1-2-14-30(15-3-1)47-41-23-10-7-18-34(41)36-21-12-20-31(43(36)47)29-26-37-32-16-5-6-17-33(32)39-25-28-13-4-9-22-40(28)46-45(39)48-42-24-11-8-19-35(42)38(27-29)44(37)48/h1-27H. The molecule has 0 spiro atoms. The topological polar surface area (TPSA) is 22.8 Å². The molecule has 0 radical (unpaired) electrons. The van der Waals surface area contributed by atoms with Gasteiger partial charge in [-0.1, -0.05) is 115 Å². The molecule has 222 valence electrons. The molecule has 4 heterocycles. The van der Waals surface area contributed by atoms with Crippen LogP contribution >= 0.6 is 0 Å². The van der Waals surface area contributed by atoms with Crippen LogP contribution in [-0.4, -0.2) is 14.1 Å². The highest BCUT2D eigenvalue weighted by atomic mass is 15.1. The van der Waals surface area contributed by atoms with Crippen LogP contribution in [0.5, 0.6) is 0 Å². The number of rotatable bonds is 2. The Hall–Kier alpha value is -6.45. The van der Waals surface area contributed by atoms with Crippen molar-refractivity contribution < 1.29 is 0 Å². The van der Waals surface area contributed by atoms with Crippen molar-refractivity contribution in [2.45, 2.75) is 0 Å². The average Bonchev–Trinajstić information content (AvgIpc) is 3.64. The smallest absolute Gasteiger partial charge is 0.146 e. The summed E-state index contributed by atoms with van der Waals surface area (Å²) in [5.41, 5.74) is 14.2. The van der Waals surface area contributed by atoms with Crippen molar-refractivity contribution in [2.75, 3.05) is 0 Å². The van der Waals surface area contributed by atoms with Crippen LogP contribution in [-0.2, 0) is 0 Å². The van der Waals surface area contributed by atoms with Crippen molar-refractivity contribution in [1.29, 1.82) is 0 Å². The summed E-state index contributed by atoms with van der Waals surface area (Å²) in [4.78, 5) is 5.37. The number of fused-ring (bicyclic) bond motifs is 12. The van der Waals surface area contributed by atoms with Gasteiger partial charge in [-0.2, -0.15) is 0 Å². The third kappa shape index (κ3) is 3.40. The minimum atomic E-state index is 0.977. The van der Waals surface area contributed by atoms with E-state index in [1.807, 2.05) is 0 Å². The summed E-state index contributed by atoms with van der Waals surface area (Å²) >= 11 is 0. The average molecular weight is 610 g/mol. The molecule has 0 amide bonds. The molecule has 1 aliphatic heterocycles. The summed E-state index contributed by atoms with van der Waals surface area (Å²) in [7, 11) is 0. The maximum atomic E-state index is 5.37. The van der Waals surface area contributed by atoms with Crippen LogP contribution in [0.4, 0.5) is 0 Å². The first-order chi connectivity index (χ1) is 23.8. The predicted molar refractivity (Wildman–Crippen MR) is 200 cm³/mol. The first-order valence-corrected chi connectivity index (χ1v) is 16.5. The lowest BCUT2D eigenvalue weighted by atomic mass is 9.91. The molecule has 10 aromatic rings. The Morgan fingerprint density at radius 1 is 0.375 bits per heavy atom. The minimum Gasteiger partial charge on any atom is -0.309 e. The van der Waals surface area contributed by atoms with Gasteiger partial charge in [0.25, 0.3) is 0 Å². The van der Waals surface area contributed by atoms with E-state index in [9.17, 15) is 0 Å². The molecule has 3 nitrogen and oxygen atoms in total. The number of hydrogen-bond donors (Lipinski definition) is 0. The molecule has 0 saturated heterocycles. The second kappa shape index (κ2) is 9.54. The van der Waals surface area contributed by atoms with Gasteiger partial charge in [-0.15, -0.1) is 0 Å². The molecule has 3 heteroatoms. The Kier molecular flexibility index (Phi) is 5.11. The summed E-state index contributed by atoms with van der Waals surface area (Å²) in [6.07, 6.45) is 0. The van der Waals surface area contributed by atoms with E-state index in [4.69, 9.17) is 4.98 Å². The SMILES string of the molecule is c1ccc(-n2c3ccccc3c3cccc(-c4cc5c6c(c4)c4ccccc4n6-c4nc6ccccc6cc4-c4ccccc4-5)c32)cc1. The summed E-state index contributed by atoms with van der Waals surface area (Å²) in [6.45, 7) is 0. The van der Waals surface area contributed by atoms with Crippen LogP contribution in [0, 0.1) is 0 Å². The fourth-order valence-corrected chi connectivity index (χ4v) is 8.20. The molecule has 7 aromatic carbocycles. The van der Waals surface area contributed by atoms with Gasteiger partial charge in [0.15, 0.2) is 0 Å². The Morgan fingerprint density at radius 2 is 0.979 bits per heavy atom. The molecule has 0 fully saturated rings. The van der Waals surface area contributed by atoms with E-state index >= 15 is 0 Å². The third-order valence-corrected chi connectivity index (χ3v) is 10.2. The number of pyridine rings is 1. The lowest BCUT2D eigenvalue weighted by Crippen LogP contribution is -2.00. The molecule has 48 heavy (non-hydrogen) atoms. The lowest BCUT2D eigenvalue weighted by Gasteiger charge is -2.14. The highest BCUT2D eigenvalue weighted by Crippen LogP contribution is 2.49. The first-order valence-electron chi connectivity index (χ1n) is 16.5. The molecule has 0 saturated carbocycles. The van der Waals surface area contributed by atoms with E-state index in [2.05, 4.69) is 173 Å². The normalized spacial score (nSPS) is 12.2. The number of benzene rings is 7. The van der Waals surface area contributed by atoms with Gasteiger partial charge in [-0.25, -0.2) is 4.98 Å². The van der Waals surface area contributed by atoms with E-state index in [1.54, 1.807) is 0 Å². The second-order valence-electron chi connectivity index (χ2n) is 12.8. The van der Waals surface area contributed by atoms with Gasteiger partial charge in [0.1, 0.15) is 5.82 Å². The van der Waals surface area contributed by atoms with Crippen LogP contribution in [0.1, 0.15) is 0 Å². The van der Waals surface area contributed by atoms with Crippen LogP contribution in [0.2, 0.25) is 0 Å². The quantitative estimate of drug-likeness (QED) is 0.191. The fourth-order valence-electron chi connectivity index (χ4n) is 8.20. The van der Waals surface area contributed by atoms with E-state index in [-0.39, 0.29) is 0 Å². The summed E-state index contributed by atoms with van der Waals surface area (Å²) in [5.74, 6) is 0.977. The molecule has 0 bridgehead atoms. The van der Waals surface area contributed by atoms with Crippen LogP contribution in [0.25, 0.3) is 99.4 Å². The Balaban J connectivity index is 1.32. The zero-order chi connectivity index (χ0) is 31.3. The maximum absolute atomic E-state index is 5.37. The zero-order valence-corrected chi connectivity index (χ0v) is 25.9. The van der Waals surface area contributed by atoms with Crippen molar-refractivity contribution in [3.8, 4) is 44.9 Å². The van der Waals surface area contributed by atoms with Crippen LogP contribution in [0.15, 0.2) is 164 Å². The van der Waals surface area contributed by atoms with Crippen molar-refractivity contribution in [3.05, 3.63) is 164 Å². The second-order valence-corrected chi connectivity index (χ2v) is 12.8. The molecule has 1 aliphatic rings. The van der Waals surface area contributed by atoms with Crippen molar-refractivity contribution in [3.63, 3.8) is 0 Å². The Bertz CT molecular complexity index is 2940. The Labute approximate surface area is 276 Å². The Morgan fingerprint density at radius 3 is 1.81 bits per heavy atom. The number of nitrogens with zero attached hydrogens (tertiary/aromatic N) is 3. The van der Waals surface area contributed by atoms with Gasteiger partial charge in [0.05, 0.1) is 27.6 Å². The number of aromatic nitrogens is 3. The molecular formula is C45H27N3. The molecule has 0 unspecified atom stereocenters. The maximum Gasteiger partial charge on any atom is 0.146 e. The monoisotopic (exact) mass is 609 g/mol. The third-order valence-electron chi connectivity index (χ3n) is 10.2. The molecular weight excluding hydrogens is 583 g/mol. The highest BCUT2D eigenvalue weighted by Gasteiger charge is 2.27. The van der Waals surface area contributed by atoms with E-state index in [0.29, 0.717) is 0 Å². The zero-order valence-electron chi connectivity index (χ0n) is 25.9. The van der Waals surface area contributed by atoms with Gasteiger partial charge in [-0.05, 0) is 65.2 Å². The van der Waals surface area contributed by atoms with Crippen molar-refractivity contribution in [2.24, 2.45) is 0 Å². The van der Waals surface area contributed by atoms with Crippen LogP contribution < -0.4 is 0 Å². The molecule has 3 aromatic heterocycles. The molecule has 0 N–H and O–H groups in total. The number of para-hydroxylation sites is 5. The summed E-state index contributed by atoms with van der Waals surface area (Å²) in [5, 5.41) is 6.12. The molecule has 11 rings (SSSR count). The summed E-state index contributed by atoms with van der Waals surface area (Å²) in [6, 6.07) is 59.5. The van der Waals surface area contributed by atoms with Gasteiger partial charge in [0, 0.05) is 49.3 Å². The van der Waals surface area contributed by atoms with Gasteiger partial charge in [0.2, 0.25) is 0 Å². The van der Waals surface area contributed by atoms with Gasteiger partial charge < -0.3 is 4.57 Å². The lowest BCUT2D eigenvalue weighted by molar-refractivity contribution is 1.11. The van der Waals surface area contributed by atoms with E-state index in [0.717, 1.165) is 28.0 Å².